The van der Waals surface area contributed by atoms with Gasteiger partial charge in [0.25, 0.3) is 5.91 Å². The highest BCUT2D eigenvalue weighted by atomic mass is 16.5. The van der Waals surface area contributed by atoms with Gasteiger partial charge in [0.1, 0.15) is 11.2 Å². The van der Waals surface area contributed by atoms with Gasteiger partial charge in [-0.2, -0.15) is 0 Å². The van der Waals surface area contributed by atoms with Gasteiger partial charge in [0.05, 0.1) is 31.6 Å². The van der Waals surface area contributed by atoms with Gasteiger partial charge in [0.2, 0.25) is 11.8 Å². The zero-order valence-electron chi connectivity index (χ0n) is 15.1. The van der Waals surface area contributed by atoms with Gasteiger partial charge in [0, 0.05) is 18.9 Å². The highest BCUT2D eigenvalue weighted by Gasteiger charge is 2.37. The molecule has 1 aliphatic rings. The Morgan fingerprint density at radius 2 is 2.11 bits per heavy atom. The quantitative estimate of drug-likeness (QED) is 0.802. The van der Waals surface area contributed by atoms with Crippen LogP contribution in [0.4, 0.5) is 5.69 Å². The second kappa shape index (κ2) is 6.98. The van der Waals surface area contributed by atoms with E-state index in [4.69, 9.17) is 10.5 Å². The third kappa shape index (κ3) is 3.68. The molecule has 10 heteroatoms. The number of anilines is 1. The second-order valence-corrected chi connectivity index (χ2v) is 6.20. The number of nitrogens with two attached hydrogens (primary N) is 1. The van der Waals surface area contributed by atoms with Crippen LogP contribution in [-0.2, 0) is 10.3 Å². The average molecular weight is 369 g/mol. The van der Waals surface area contributed by atoms with Crippen LogP contribution in [0.3, 0.4) is 0 Å². The lowest BCUT2D eigenvalue weighted by atomic mass is 9.91. The van der Waals surface area contributed by atoms with Crippen LogP contribution in [-0.4, -0.2) is 51.8 Å². The van der Waals surface area contributed by atoms with E-state index >= 15 is 0 Å². The molecule has 0 aromatic carbocycles. The van der Waals surface area contributed by atoms with E-state index in [0.717, 1.165) is 0 Å². The molecule has 1 atom stereocenters. The summed E-state index contributed by atoms with van der Waals surface area (Å²) < 4.78 is 4.92. The molecule has 1 aliphatic heterocycles. The maximum Gasteiger partial charge on any atom is 0.275 e. The number of aromatic nitrogens is 3. The van der Waals surface area contributed by atoms with Crippen molar-refractivity contribution < 1.29 is 14.3 Å². The fraction of sp³-hybridized carbons (Fsp3) is 0.294. The van der Waals surface area contributed by atoms with Gasteiger partial charge < -0.3 is 15.8 Å². The Hall–Kier alpha value is -3.56. The van der Waals surface area contributed by atoms with E-state index in [1.165, 1.54) is 30.6 Å². The summed E-state index contributed by atoms with van der Waals surface area (Å²) in [6, 6.07) is 3.29. The number of hydrogen-bond donors (Lipinski definition) is 2. The van der Waals surface area contributed by atoms with Gasteiger partial charge in [-0.3, -0.25) is 19.5 Å². The number of guanidine groups is 1. The standard InChI is InChI=1S/C17H19N7O3/c1-17(7-14(25)24(2)16(18)23-17)12-6-10(4-5-19-12)22-15(26)11-8-21-13(27-3)9-20-11/h4-6,8-9H,7H2,1-3H3,(H2,18,23)(H,19,22,26). The fourth-order valence-corrected chi connectivity index (χ4v) is 2.59. The average Bonchev–Trinajstić information content (AvgIpc) is 2.66. The normalized spacial score (nSPS) is 19.4. The third-order valence-corrected chi connectivity index (χ3v) is 4.21. The van der Waals surface area contributed by atoms with Crippen molar-refractivity contribution in [1.29, 1.82) is 0 Å². The van der Waals surface area contributed by atoms with E-state index in [2.05, 4.69) is 25.3 Å². The Kier molecular flexibility index (Phi) is 4.72. The van der Waals surface area contributed by atoms with E-state index in [1.807, 2.05) is 0 Å². The molecule has 2 aromatic heterocycles. The third-order valence-electron chi connectivity index (χ3n) is 4.21. The Labute approximate surface area is 155 Å². The number of rotatable bonds is 4. The van der Waals surface area contributed by atoms with Gasteiger partial charge in [-0.1, -0.05) is 0 Å². The molecule has 140 valence electrons. The van der Waals surface area contributed by atoms with Crippen LogP contribution in [0.1, 0.15) is 29.5 Å². The minimum atomic E-state index is -0.908. The summed E-state index contributed by atoms with van der Waals surface area (Å²) in [4.78, 5) is 42.4. The number of aliphatic imine (C=N–C) groups is 1. The van der Waals surface area contributed by atoms with E-state index in [9.17, 15) is 9.59 Å². The lowest BCUT2D eigenvalue weighted by Gasteiger charge is -2.32. The molecule has 3 N–H and O–H groups in total. The predicted molar refractivity (Wildman–Crippen MR) is 97.1 cm³/mol. The Morgan fingerprint density at radius 1 is 1.33 bits per heavy atom. The number of nitrogens with zero attached hydrogens (tertiary/aromatic N) is 5. The molecule has 0 radical (unpaired) electrons. The first-order valence-electron chi connectivity index (χ1n) is 8.08. The zero-order valence-corrected chi connectivity index (χ0v) is 15.1. The molecule has 3 heterocycles. The molecular weight excluding hydrogens is 350 g/mol. The molecule has 0 spiro atoms. The molecule has 0 saturated heterocycles. The van der Waals surface area contributed by atoms with Crippen molar-refractivity contribution in [3.05, 3.63) is 42.1 Å². The van der Waals surface area contributed by atoms with Crippen LogP contribution >= 0.6 is 0 Å². The van der Waals surface area contributed by atoms with E-state index in [1.54, 1.807) is 26.1 Å². The van der Waals surface area contributed by atoms with Crippen molar-refractivity contribution in [1.82, 2.24) is 19.9 Å². The summed E-state index contributed by atoms with van der Waals surface area (Å²) in [5.74, 6) is -0.156. The lowest BCUT2D eigenvalue weighted by Crippen LogP contribution is -2.47. The van der Waals surface area contributed by atoms with Gasteiger partial charge >= 0.3 is 0 Å². The zero-order chi connectivity index (χ0) is 19.6. The highest BCUT2D eigenvalue weighted by Crippen LogP contribution is 2.32. The fourth-order valence-electron chi connectivity index (χ4n) is 2.59. The topological polar surface area (TPSA) is 136 Å². The number of methoxy groups -OCH3 is 1. The van der Waals surface area contributed by atoms with Crippen molar-refractivity contribution in [3.8, 4) is 5.88 Å². The number of carbonyl (C=O) groups is 2. The van der Waals surface area contributed by atoms with E-state index in [0.29, 0.717) is 17.3 Å². The number of hydrogen-bond acceptors (Lipinski definition) is 8. The van der Waals surface area contributed by atoms with Crippen molar-refractivity contribution in [3.63, 3.8) is 0 Å². The molecule has 0 fully saturated rings. The summed E-state index contributed by atoms with van der Waals surface area (Å²) in [5, 5.41) is 2.73. The molecule has 3 rings (SSSR count). The predicted octanol–water partition coefficient (Wildman–Crippen LogP) is 0.524. The van der Waals surface area contributed by atoms with Crippen molar-refractivity contribution >= 4 is 23.5 Å². The number of ether oxygens (including phenoxy) is 1. The molecular formula is C17H19N7O3. The molecule has 2 aromatic rings. The minimum Gasteiger partial charge on any atom is -0.480 e. The molecule has 27 heavy (non-hydrogen) atoms. The number of carbonyl (C=O) groups excluding carboxylic acids is 2. The summed E-state index contributed by atoms with van der Waals surface area (Å²) in [6.45, 7) is 1.77. The van der Waals surface area contributed by atoms with Crippen LogP contribution < -0.4 is 15.8 Å². The summed E-state index contributed by atoms with van der Waals surface area (Å²) in [7, 11) is 3.03. The number of pyridine rings is 1. The molecule has 1 unspecified atom stereocenters. The number of amides is 2. The van der Waals surface area contributed by atoms with Crippen molar-refractivity contribution in [2.75, 3.05) is 19.5 Å². The van der Waals surface area contributed by atoms with Gasteiger partial charge in [0.15, 0.2) is 5.96 Å². The van der Waals surface area contributed by atoms with Crippen LogP contribution in [0.15, 0.2) is 35.7 Å². The Bertz CT molecular complexity index is 913. The molecule has 0 bridgehead atoms. The van der Waals surface area contributed by atoms with Crippen LogP contribution in [0, 0.1) is 0 Å². The SMILES string of the molecule is COc1cnc(C(=O)Nc2ccnc(C3(C)CC(=O)N(C)C(N)=N3)c2)cn1. The lowest BCUT2D eigenvalue weighted by molar-refractivity contribution is -0.128. The minimum absolute atomic E-state index is 0.124. The first-order valence-corrected chi connectivity index (χ1v) is 8.08. The monoisotopic (exact) mass is 369 g/mol. The van der Waals surface area contributed by atoms with Crippen molar-refractivity contribution in [2.24, 2.45) is 10.7 Å². The maximum absolute atomic E-state index is 12.3. The number of nitrogens with one attached hydrogen (secondary N) is 1. The van der Waals surface area contributed by atoms with E-state index in [-0.39, 0.29) is 24.0 Å². The largest absolute Gasteiger partial charge is 0.480 e. The maximum atomic E-state index is 12.3. The van der Waals surface area contributed by atoms with E-state index < -0.39 is 11.4 Å². The Morgan fingerprint density at radius 3 is 2.74 bits per heavy atom. The molecule has 0 aliphatic carbocycles. The first-order chi connectivity index (χ1) is 12.8. The van der Waals surface area contributed by atoms with Gasteiger partial charge in [-0.05, 0) is 19.1 Å². The molecule has 0 saturated carbocycles. The molecule has 2 amide bonds. The summed E-state index contributed by atoms with van der Waals surface area (Å²) >= 11 is 0. The van der Waals surface area contributed by atoms with Gasteiger partial charge in [-0.25, -0.2) is 15.0 Å². The highest BCUT2D eigenvalue weighted by molar-refractivity contribution is 6.02. The van der Waals surface area contributed by atoms with Crippen LogP contribution in [0.5, 0.6) is 5.88 Å². The van der Waals surface area contributed by atoms with Crippen molar-refractivity contribution in [2.45, 2.75) is 18.9 Å². The van der Waals surface area contributed by atoms with Crippen LogP contribution in [0.2, 0.25) is 0 Å². The smallest absolute Gasteiger partial charge is 0.275 e. The summed E-state index contributed by atoms with van der Waals surface area (Å²) in [5.41, 5.74) is 6.07. The first kappa shape index (κ1) is 18.2. The van der Waals surface area contributed by atoms with Gasteiger partial charge in [-0.15, -0.1) is 0 Å². The Balaban J connectivity index is 1.83. The van der Waals surface area contributed by atoms with Crippen LogP contribution in [0.25, 0.3) is 0 Å². The second-order valence-electron chi connectivity index (χ2n) is 6.20. The molecule has 10 nitrogen and oxygen atoms in total. The summed E-state index contributed by atoms with van der Waals surface area (Å²) in [6.07, 6.45) is 4.33.